The second-order valence-corrected chi connectivity index (χ2v) is 7.76. The topological polar surface area (TPSA) is 58.6 Å². The molecule has 0 atom stereocenters. The number of hydrogen-bond acceptors (Lipinski definition) is 4. The first-order chi connectivity index (χ1) is 11.5. The Bertz CT molecular complexity index is 837. The first-order valence-electron chi connectivity index (χ1n) is 7.37. The highest BCUT2D eigenvalue weighted by atomic mass is 35.5. The van der Waals surface area contributed by atoms with Gasteiger partial charge in [-0.25, -0.2) is 8.42 Å². The molecule has 128 valence electrons. The highest BCUT2D eigenvalue weighted by Gasteiger charge is 2.20. The molecule has 0 bridgehead atoms. The van der Waals surface area contributed by atoms with Crippen LogP contribution in [0, 0.1) is 0 Å². The van der Waals surface area contributed by atoms with Gasteiger partial charge >= 0.3 is 0 Å². The van der Waals surface area contributed by atoms with Crippen LogP contribution in [-0.4, -0.2) is 34.7 Å². The number of hydrogen-bond donors (Lipinski definition) is 1. The van der Waals surface area contributed by atoms with Crippen molar-refractivity contribution >= 4 is 44.6 Å². The number of sulfonamides is 1. The Morgan fingerprint density at radius 1 is 1.00 bits per heavy atom. The van der Waals surface area contributed by atoms with Crippen LogP contribution >= 0.6 is 23.2 Å². The van der Waals surface area contributed by atoms with Gasteiger partial charge in [-0.2, -0.15) is 0 Å². The maximum Gasteiger partial charge on any atom is 0.263 e. The van der Waals surface area contributed by atoms with Crippen LogP contribution in [0.2, 0.25) is 10.0 Å². The molecule has 0 radical (unpaired) electrons. The van der Waals surface area contributed by atoms with Gasteiger partial charge in [-0.15, -0.1) is 0 Å². The van der Waals surface area contributed by atoms with Crippen molar-refractivity contribution < 1.29 is 13.2 Å². The van der Waals surface area contributed by atoms with Crippen LogP contribution in [0.15, 0.2) is 47.4 Å². The van der Waals surface area contributed by atoms with E-state index in [4.69, 9.17) is 27.9 Å². The van der Waals surface area contributed by atoms with E-state index in [2.05, 4.69) is 9.62 Å². The third-order valence-corrected chi connectivity index (χ3v) is 5.89. The van der Waals surface area contributed by atoms with Crippen LogP contribution in [0.5, 0.6) is 0 Å². The summed E-state index contributed by atoms with van der Waals surface area (Å²) in [5.74, 6) is 0. The molecule has 1 aliphatic rings. The lowest BCUT2D eigenvalue weighted by Crippen LogP contribution is -2.36. The summed E-state index contributed by atoms with van der Waals surface area (Å²) in [6, 6.07) is 11.5. The summed E-state index contributed by atoms with van der Waals surface area (Å²) in [7, 11) is -3.82. The fourth-order valence-corrected chi connectivity index (χ4v) is 4.28. The van der Waals surface area contributed by atoms with Crippen molar-refractivity contribution in [2.75, 3.05) is 35.9 Å². The lowest BCUT2D eigenvalue weighted by Gasteiger charge is -2.29. The van der Waals surface area contributed by atoms with Crippen molar-refractivity contribution in [3.8, 4) is 0 Å². The molecule has 2 aromatic rings. The summed E-state index contributed by atoms with van der Waals surface area (Å²) in [6.07, 6.45) is 0. The van der Waals surface area contributed by atoms with Gasteiger partial charge < -0.3 is 9.64 Å². The SMILES string of the molecule is O=S(=O)(Nc1cc(N2CCOCC2)ccc1Cl)c1ccccc1Cl. The molecule has 2 aromatic carbocycles. The summed E-state index contributed by atoms with van der Waals surface area (Å²) in [5, 5.41) is 0.480. The van der Waals surface area contributed by atoms with Crippen LogP contribution in [0.1, 0.15) is 0 Å². The van der Waals surface area contributed by atoms with Gasteiger partial charge in [0.05, 0.1) is 28.9 Å². The van der Waals surface area contributed by atoms with E-state index in [-0.39, 0.29) is 9.92 Å². The molecule has 1 aliphatic heterocycles. The molecule has 0 amide bonds. The average Bonchev–Trinajstić information content (AvgIpc) is 2.58. The highest BCUT2D eigenvalue weighted by molar-refractivity contribution is 7.92. The molecule has 0 unspecified atom stereocenters. The third kappa shape index (κ3) is 3.78. The lowest BCUT2D eigenvalue weighted by atomic mass is 10.2. The zero-order chi connectivity index (χ0) is 17.2. The largest absolute Gasteiger partial charge is 0.378 e. The molecule has 1 N–H and O–H groups in total. The first kappa shape index (κ1) is 17.4. The lowest BCUT2D eigenvalue weighted by molar-refractivity contribution is 0.122. The van der Waals surface area contributed by atoms with E-state index >= 15 is 0 Å². The van der Waals surface area contributed by atoms with Crippen molar-refractivity contribution in [3.05, 3.63) is 52.5 Å². The monoisotopic (exact) mass is 386 g/mol. The van der Waals surface area contributed by atoms with Crippen molar-refractivity contribution in [1.82, 2.24) is 0 Å². The number of benzene rings is 2. The summed E-state index contributed by atoms with van der Waals surface area (Å²) in [6.45, 7) is 2.78. The van der Waals surface area contributed by atoms with E-state index in [1.54, 1.807) is 24.3 Å². The Hall–Kier alpha value is -1.47. The molecule has 3 rings (SSSR count). The maximum absolute atomic E-state index is 12.6. The summed E-state index contributed by atoms with van der Waals surface area (Å²) in [5.41, 5.74) is 1.21. The normalized spacial score (nSPS) is 15.3. The first-order valence-corrected chi connectivity index (χ1v) is 9.61. The molecule has 1 heterocycles. The molecule has 0 saturated carbocycles. The molecular formula is C16H16Cl2N2O3S. The zero-order valence-electron chi connectivity index (χ0n) is 12.7. The quantitative estimate of drug-likeness (QED) is 0.871. The van der Waals surface area contributed by atoms with Crippen molar-refractivity contribution in [2.24, 2.45) is 0 Å². The molecule has 1 fully saturated rings. The molecule has 5 nitrogen and oxygen atoms in total. The number of morpholine rings is 1. The van der Waals surface area contributed by atoms with Gasteiger partial charge in [-0.05, 0) is 30.3 Å². The summed E-state index contributed by atoms with van der Waals surface area (Å²) in [4.78, 5) is 2.13. The van der Waals surface area contributed by atoms with Crippen LogP contribution in [-0.2, 0) is 14.8 Å². The maximum atomic E-state index is 12.6. The molecule has 8 heteroatoms. The average molecular weight is 387 g/mol. The number of halogens is 2. The molecule has 1 saturated heterocycles. The van der Waals surface area contributed by atoms with Crippen LogP contribution in [0.4, 0.5) is 11.4 Å². The predicted molar refractivity (Wildman–Crippen MR) is 96.7 cm³/mol. The predicted octanol–water partition coefficient (Wildman–Crippen LogP) is 3.63. The minimum Gasteiger partial charge on any atom is -0.378 e. The minimum atomic E-state index is -3.82. The Kier molecular flexibility index (Phi) is 5.20. The highest BCUT2D eigenvalue weighted by Crippen LogP contribution is 2.31. The van der Waals surface area contributed by atoms with Crippen LogP contribution in [0.25, 0.3) is 0 Å². The van der Waals surface area contributed by atoms with Gasteiger partial charge in [-0.1, -0.05) is 35.3 Å². The van der Waals surface area contributed by atoms with Gasteiger partial charge in [0.1, 0.15) is 4.90 Å². The van der Waals surface area contributed by atoms with Gasteiger partial charge in [0.25, 0.3) is 10.0 Å². The molecule has 0 aromatic heterocycles. The molecule has 0 spiro atoms. The second-order valence-electron chi connectivity index (χ2n) is 5.30. The Balaban J connectivity index is 1.90. The van der Waals surface area contributed by atoms with Crippen molar-refractivity contribution in [1.29, 1.82) is 0 Å². The Labute approximate surface area is 151 Å². The summed E-state index contributed by atoms with van der Waals surface area (Å²) >= 11 is 12.2. The van der Waals surface area contributed by atoms with E-state index in [0.717, 1.165) is 18.8 Å². The van der Waals surface area contributed by atoms with Crippen LogP contribution in [0.3, 0.4) is 0 Å². The van der Waals surface area contributed by atoms with Gasteiger partial charge in [0.2, 0.25) is 0 Å². The fraction of sp³-hybridized carbons (Fsp3) is 0.250. The molecule has 0 aliphatic carbocycles. The van der Waals surface area contributed by atoms with Gasteiger partial charge in [0, 0.05) is 18.8 Å². The van der Waals surface area contributed by atoms with Gasteiger partial charge in [0.15, 0.2) is 0 Å². The number of anilines is 2. The summed E-state index contributed by atoms with van der Waals surface area (Å²) < 4.78 is 33.0. The van der Waals surface area contributed by atoms with E-state index in [0.29, 0.717) is 23.9 Å². The number of ether oxygens (including phenoxy) is 1. The number of rotatable bonds is 4. The third-order valence-electron chi connectivity index (χ3n) is 3.70. The fourth-order valence-electron chi connectivity index (χ4n) is 2.47. The number of nitrogens with zero attached hydrogens (tertiary/aromatic N) is 1. The Morgan fingerprint density at radius 2 is 1.71 bits per heavy atom. The second kappa shape index (κ2) is 7.19. The van der Waals surface area contributed by atoms with E-state index in [1.807, 2.05) is 6.07 Å². The zero-order valence-corrected chi connectivity index (χ0v) is 15.0. The standard InChI is InChI=1S/C16H16Cl2N2O3S/c17-13-6-5-12(20-7-9-23-10-8-20)11-15(13)19-24(21,22)16-4-2-1-3-14(16)18/h1-6,11,19H,7-10H2. The smallest absolute Gasteiger partial charge is 0.263 e. The van der Waals surface area contributed by atoms with Crippen LogP contribution < -0.4 is 9.62 Å². The van der Waals surface area contributed by atoms with Crippen molar-refractivity contribution in [2.45, 2.75) is 4.90 Å². The van der Waals surface area contributed by atoms with E-state index in [1.165, 1.54) is 12.1 Å². The molecule has 24 heavy (non-hydrogen) atoms. The van der Waals surface area contributed by atoms with Gasteiger partial charge in [-0.3, -0.25) is 4.72 Å². The minimum absolute atomic E-state index is 0.0134. The van der Waals surface area contributed by atoms with E-state index < -0.39 is 10.0 Å². The van der Waals surface area contributed by atoms with E-state index in [9.17, 15) is 8.42 Å². The van der Waals surface area contributed by atoms with Crippen molar-refractivity contribution in [3.63, 3.8) is 0 Å². The Morgan fingerprint density at radius 3 is 2.42 bits per heavy atom. The molecular weight excluding hydrogens is 371 g/mol. The number of nitrogens with one attached hydrogen (secondary N) is 1.